The van der Waals surface area contributed by atoms with Crippen LogP contribution in [0.15, 0.2) is 30.3 Å². The van der Waals surface area contributed by atoms with E-state index in [1.807, 2.05) is 17.7 Å². The molecular formula is C37H45F2N9O3. The number of fused-ring (bicyclic) bond motifs is 4. The first-order valence-corrected chi connectivity index (χ1v) is 18.1. The molecule has 0 saturated carbocycles. The number of aromatic hydroxyl groups is 1. The number of carbonyl (C=O) groups is 1. The lowest BCUT2D eigenvalue weighted by molar-refractivity contribution is 0.107. The van der Waals surface area contributed by atoms with E-state index >= 15 is 4.39 Å². The number of alkyl halides is 1. The number of aromatic nitrogens is 4. The maximum atomic E-state index is 15.1. The monoisotopic (exact) mass is 701 g/mol. The van der Waals surface area contributed by atoms with Gasteiger partial charge >= 0.3 is 12.0 Å². The van der Waals surface area contributed by atoms with Crippen molar-refractivity contribution in [3.05, 3.63) is 64.4 Å². The van der Waals surface area contributed by atoms with Crippen LogP contribution < -0.4 is 25.2 Å². The summed E-state index contributed by atoms with van der Waals surface area (Å²) in [5, 5.41) is 22.5. The quantitative estimate of drug-likeness (QED) is 0.242. The van der Waals surface area contributed by atoms with E-state index in [2.05, 4.69) is 25.3 Å². The third-order valence-electron chi connectivity index (χ3n) is 11.1. The molecule has 270 valence electrons. The molecule has 51 heavy (non-hydrogen) atoms. The number of phenols is 1. The highest BCUT2D eigenvalue weighted by molar-refractivity contribution is 5.98. The van der Waals surface area contributed by atoms with E-state index in [0.717, 1.165) is 83.8 Å². The Morgan fingerprint density at radius 3 is 2.82 bits per heavy atom. The van der Waals surface area contributed by atoms with Crippen molar-refractivity contribution in [1.29, 1.82) is 0 Å². The molecule has 3 N–H and O–H groups in total. The summed E-state index contributed by atoms with van der Waals surface area (Å²) in [7, 11) is 1.58. The molecule has 8 rings (SSSR count). The van der Waals surface area contributed by atoms with Crippen molar-refractivity contribution in [3.8, 4) is 11.8 Å². The second-order valence-corrected chi connectivity index (χ2v) is 14.3. The molecule has 2 aromatic heterocycles. The Bertz CT molecular complexity index is 1970. The normalized spacial score (nSPS) is 21.7. The molecule has 2 saturated heterocycles. The van der Waals surface area contributed by atoms with Gasteiger partial charge in [-0.1, -0.05) is 13.0 Å². The van der Waals surface area contributed by atoms with Crippen LogP contribution in [0.1, 0.15) is 60.8 Å². The van der Waals surface area contributed by atoms with Crippen molar-refractivity contribution in [2.45, 2.75) is 83.3 Å². The number of hydrogen-bond acceptors (Lipinski definition) is 9. The molecule has 12 nitrogen and oxygen atoms in total. The number of amides is 2. The number of hydrogen-bond donors (Lipinski definition) is 3. The number of ether oxygens (including phenoxy) is 1. The summed E-state index contributed by atoms with van der Waals surface area (Å²) in [6.45, 7) is 6.99. The smallest absolute Gasteiger partial charge is 0.318 e. The van der Waals surface area contributed by atoms with Crippen molar-refractivity contribution in [3.63, 3.8) is 0 Å². The fourth-order valence-electron chi connectivity index (χ4n) is 8.69. The van der Waals surface area contributed by atoms with E-state index in [-0.39, 0.29) is 29.1 Å². The van der Waals surface area contributed by atoms with Gasteiger partial charge in [-0.2, -0.15) is 15.1 Å². The molecule has 6 heterocycles. The fourth-order valence-corrected chi connectivity index (χ4v) is 8.69. The minimum Gasteiger partial charge on any atom is -0.508 e. The van der Waals surface area contributed by atoms with E-state index in [1.54, 1.807) is 25.2 Å². The van der Waals surface area contributed by atoms with Gasteiger partial charge in [-0.3, -0.25) is 9.58 Å². The molecule has 4 aromatic rings. The summed E-state index contributed by atoms with van der Waals surface area (Å²) in [6.07, 6.45) is 3.48. The third kappa shape index (κ3) is 6.27. The average molecular weight is 702 g/mol. The summed E-state index contributed by atoms with van der Waals surface area (Å²) >= 11 is 0. The van der Waals surface area contributed by atoms with Gasteiger partial charge in [0.25, 0.3) is 0 Å². The molecular weight excluding hydrogens is 656 g/mol. The number of nitrogens with zero attached hydrogens (tertiary/aromatic N) is 7. The molecule has 0 radical (unpaired) electrons. The van der Waals surface area contributed by atoms with Crippen molar-refractivity contribution < 1.29 is 23.4 Å². The maximum Gasteiger partial charge on any atom is 0.318 e. The third-order valence-corrected chi connectivity index (χ3v) is 11.1. The van der Waals surface area contributed by atoms with Crippen LogP contribution in [0, 0.1) is 5.82 Å². The zero-order valence-corrected chi connectivity index (χ0v) is 29.2. The minimum absolute atomic E-state index is 0.124. The summed E-state index contributed by atoms with van der Waals surface area (Å²) < 4.78 is 38.2. The highest BCUT2D eigenvalue weighted by atomic mass is 19.1. The van der Waals surface area contributed by atoms with E-state index in [9.17, 15) is 14.3 Å². The van der Waals surface area contributed by atoms with Crippen LogP contribution in [0.2, 0.25) is 0 Å². The molecule has 0 aliphatic carbocycles. The number of urea groups is 1. The molecule has 14 heteroatoms. The van der Waals surface area contributed by atoms with Gasteiger partial charge in [-0.25, -0.2) is 13.6 Å². The first-order valence-electron chi connectivity index (χ1n) is 18.1. The summed E-state index contributed by atoms with van der Waals surface area (Å²) in [4.78, 5) is 28.5. The van der Waals surface area contributed by atoms with Crippen LogP contribution in [0.25, 0.3) is 10.8 Å². The highest BCUT2D eigenvalue weighted by Gasteiger charge is 2.49. The van der Waals surface area contributed by atoms with Gasteiger partial charge < -0.3 is 30.3 Å². The van der Waals surface area contributed by atoms with Crippen LogP contribution in [0.4, 0.5) is 25.1 Å². The predicted octanol–water partition coefficient (Wildman–Crippen LogP) is 4.59. The first kappa shape index (κ1) is 33.4. The number of carbonyl (C=O) groups excluding carboxylic acids is 1. The summed E-state index contributed by atoms with van der Waals surface area (Å²) in [5.74, 6) is 0.676. The van der Waals surface area contributed by atoms with Crippen LogP contribution in [0.3, 0.4) is 0 Å². The number of rotatable bonds is 8. The number of anilines is 2. The second kappa shape index (κ2) is 13.4. The van der Waals surface area contributed by atoms with Crippen LogP contribution in [-0.4, -0.2) is 87.3 Å². The van der Waals surface area contributed by atoms with Crippen LogP contribution in [-0.2, 0) is 39.0 Å². The molecule has 2 amide bonds. The van der Waals surface area contributed by atoms with Gasteiger partial charge in [0.05, 0.1) is 42.3 Å². The van der Waals surface area contributed by atoms with Gasteiger partial charge in [0, 0.05) is 62.4 Å². The number of halogens is 2. The lowest BCUT2D eigenvalue weighted by Crippen LogP contribution is -2.43. The summed E-state index contributed by atoms with van der Waals surface area (Å²) in [6, 6.07) is 8.63. The van der Waals surface area contributed by atoms with Gasteiger partial charge in [-0.05, 0) is 67.8 Å². The minimum atomic E-state index is -0.865. The molecule has 2 fully saturated rings. The fraction of sp³-hybridized carbons (Fsp3) is 0.514. The lowest BCUT2D eigenvalue weighted by atomic mass is 9.95. The number of nitrogens with one attached hydrogen (secondary N) is 2. The standard InChI is InChI=1S/C37H45F2N9O3/c1-3-28-30(39)7-6-23-14-27(49)16-32(33(23)28)45-13-8-29-31(21-45)42-36(51-22-37-9-4-11-47(37)19-24(38)17-37)43-34(29)46-10-5-12-48-26(20-46)15-25(44-48)18-41-35(50)40-2/h6-7,14-16,24,49H,3-5,8-13,17-22H2,1-2H3,(H2,40,41,50)/t24-,37+/m1/s1. The SMILES string of the molecule is CCc1c(F)ccc2cc(O)cc(N3CCc4c(nc(OC[C@@]56CCCN5C[C@H](F)C6)nc4N4CCCn5nc(CNC(=O)NC)cc5C4)C3)c12. The lowest BCUT2D eigenvalue weighted by Gasteiger charge is -2.35. The Morgan fingerprint density at radius 1 is 1.10 bits per heavy atom. The van der Waals surface area contributed by atoms with Gasteiger partial charge in [-0.15, -0.1) is 0 Å². The van der Waals surface area contributed by atoms with E-state index < -0.39 is 6.17 Å². The van der Waals surface area contributed by atoms with Crippen LogP contribution >= 0.6 is 0 Å². The molecule has 0 unspecified atom stereocenters. The Kier molecular flexibility index (Phi) is 8.81. The van der Waals surface area contributed by atoms with E-state index in [0.29, 0.717) is 64.2 Å². The molecule has 4 aliphatic rings. The van der Waals surface area contributed by atoms with Gasteiger partial charge in [0.1, 0.15) is 30.2 Å². The average Bonchev–Trinajstić information content (AvgIpc) is 3.75. The van der Waals surface area contributed by atoms with Crippen molar-refractivity contribution >= 4 is 28.3 Å². The summed E-state index contributed by atoms with van der Waals surface area (Å²) in [5.41, 5.74) is 4.70. The topological polar surface area (TPSA) is 124 Å². The van der Waals surface area contributed by atoms with Crippen molar-refractivity contribution in [1.82, 2.24) is 35.3 Å². The number of aryl methyl sites for hydroxylation is 2. The van der Waals surface area contributed by atoms with E-state index in [1.165, 1.54) is 6.07 Å². The first-order chi connectivity index (χ1) is 24.7. The second-order valence-electron chi connectivity index (χ2n) is 14.3. The molecule has 2 aromatic carbocycles. The Labute approximate surface area is 295 Å². The van der Waals surface area contributed by atoms with E-state index in [4.69, 9.17) is 19.8 Å². The van der Waals surface area contributed by atoms with Crippen LogP contribution in [0.5, 0.6) is 11.8 Å². The zero-order valence-electron chi connectivity index (χ0n) is 29.2. The zero-order chi connectivity index (χ0) is 35.3. The predicted molar refractivity (Wildman–Crippen MR) is 189 cm³/mol. The van der Waals surface area contributed by atoms with Crippen molar-refractivity contribution in [2.24, 2.45) is 0 Å². The number of phenolic OH excluding ortho intramolecular Hbond substituents is 1. The Balaban J connectivity index is 1.15. The van der Waals surface area contributed by atoms with Gasteiger partial charge in [0.2, 0.25) is 0 Å². The largest absolute Gasteiger partial charge is 0.508 e. The van der Waals surface area contributed by atoms with Crippen molar-refractivity contribution in [2.75, 3.05) is 49.6 Å². The highest BCUT2D eigenvalue weighted by Crippen LogP contribution is 2.42. The Hall–Kier alpha value is -4.72. The van der Waals surface area contributed by atoms with Gasteiger partial charge in [0.15, 0.2) is 0 Å². The number of benzene rings is 2. The molecule has 0 bridgehead atoms. The Morgan fingerprint density at radius 2 is 1.98 bits per heavy atom. The molecule has 4 aliphatic heterocycles. The maximum absolute atomic E-state index is 15.1. The molecule has 0 spiro atoms. The molecule has 2 atom stereocenters.